The van der Waals surface area contributed by atoms with E-state index in [1.165, 1.54) is 12.1 Å². The van der Waals surface area contributed by atoms with Crippen LogP contribution in [-0.2, 0) is 4.79 Å². The number of hydrogen-bond donors (Lipinski definition) is 0. The van der Waals surface area contributed by atoms with Gasteiger partial charge in [-0.25, -0.2) is 0 Å². The van der Waals surface area contributed by atoms with Crippen molar-refractivity contribution in [2.75, 3.05) is 25.5 Å². The van der Waals surface area contributed by atoms with Gasteiger partial charge in [0.25, 0.3) is 5.69 Å². The Balaban J connectivity index is 2.52. The summed E-state index contributed by atoms with van der Waals surface area (Å²) in [6.07, 6.45) is 0.343. The summed E-state index contributed by atoms with van der Waals surface area (Å²) in [6, 6.07) is 8.58. The van der Waals surface area contributed by atoms with E-state index in [0.29, 0.717) is 18.5 Å². The Hall–Kier alpha value is -2.88. The third-order valence-electron chi connectivity index (χ3n) is 4.45. The first-order valence-corrected chi connectivity index (χ1v) is 8.09. The monoisotopic (exact) mass is 342 g/mol. The third-order valence-corrected chi connectivity index (χ3v) is 4.45. The molecule has 2 atom stereocenters. The fraction of sp³-hybridized carbons (Fsp3) is 0.444. The first-order chi connectivity index (χ1) is 11.8. The van der Waals surface area contributed by atoms with Gasteiger partial charge in [0.05, 0.1) is 16.6 Å². The second kappa shape index (κ2) is 7.34. The average molecular weight is 342 g/mol. The van der Waals surface area contributed by atoms with Crippen molar-refractivity contribution in [3.8, 4) is 6.07 Å². The lowest BCUT2D eigenvalue weighted by Gasteiger charge is -2.42. The van der Waals surface area contributed by atoms with E-state index < -0.39 is 4.92 Å². The second-order valence-electron chi connectivity index (χ2n) is 6.62. The van der Waals surface area contributed by atoms with Gasteiger partial charge in [0.1, 0.15) is 11.6 Å². The number of rotatable bonds is 5. The lowest BCUT2D eigenvalue weighted by atomic mass is 9.80. The third kappa shape index (κ3) is 3.79. The zero-order valence-corrected chi connectivity index (χ0v) is 14.9. The van der Waals surface area contributed by atoms with E-state index in [0.717, 1.165) is 11.5 Å². The van der Waals surface area contributed by atoms with Crippen molar-refractivity contribution < 1.29 is 9.72 Å². The second-order valence-corrected chi connectivity index (χ2v) is 6.62. The first kappa shape index (κ1) is 18.5. The maximum absolute atomic E-state index is 11.6. The van der Waals surface area contributed by atoms with Crippen molar-refractivity contribution in [3.63, 3.8) is 0 Å². The van der Waals surface area contributed by atoms with Crippen molar-refractivity contribution in [2.24, 2.45) is 11.8 Å². The highest BCUT2D eigenvalue weighted by atomic mass is 16.6. The SMILES string of the molecule is CC(=O)CC1C(C#N)=C(N(C)C)N(c2ccc([N+](=O)[O-])cc2)CC1C. The highest BCUT2D eigenvalue weighted by molar-refractivity contribution is 5.76. The van der Waals surface area contributed by atoms with Crippen LogP contribution in [0, 0.1) is 33.3 Å². The number of carbonyl (C=O) groups is 1. The summed E-state index contributed by atoms with van der Waals surface area (Å²) in [5.74, 6) is 0.791. The number of nitro benzene ring substituents is 1. The molecule has 0 spiro atoms. The minimum Gasteiger partial charge on any atom is -0.363 e. The molecule has 1 aromatic rings. The normalized spacial score (nSPS) is 20.2. The highest BCUT2D eigenvalue weighted by Crippen LogP contribution is 2.37. The van der Waals surface area contributed by atoms with Gasteiger partial charge in [0, 0.05) is 50.8 Å². The largest absolute Gasteiger partial charge is 0.363 e. The van der Waals surface area contributed by atoms with Crippen LogP contribution in [0.4, 0.5) is 11.4 Å². The van der Waals surface area contributed by atoms with Crippen LogP contribution in [0.5, 0.6) is 0 Å². The van der Waals surface area contributed by atoms with E-state index >= 15 is 0 Å². The number of Topliss-reactive ketones (excluding diaryl/α,β-unsaturated/α-hetero) is 1. The quantitative estimate of drug-likeness (QED) is 0.603. The molecule has 7 nitrogen and oxygen atoms in total. The Morgan fingerprint density at radius 2 is 2.00 bits per heavy atom. The average Bonchev–Trinajstić information content (AvgIpc) is 2.55. The molecular weight excluding hydrogens is 320 g/mol. The smallest absolute Gasteiger partial charge is 0.269 e. The zero-order chi connectivity index (χ0) is 18.7. The summed E-state index contributed by atoms with van der Waals surface area (Å²) in [4.78, 5) is 25.9. The lowest BCUT2D eigenvalue weighted by molar-refractivity contribution is -0.384. The molecular formula is C18H22N4O3. The number of anilines is 1. The van der Waals surface area contributed by atoms with E-state index in [4.69, 9.17) is 0 Å². The maximum Gasteiger partial charge on any atom is 0.269 e. The molecule has 2 rings (SSSR count). The lowest BCUT2D eigenvalue weighted by Crippen LogP contribution is -2.43. The molecule has 132 valence electrons. The summed E-state index contributed by atoms with van der Waals surface area (Å²) < 4.78 is 0. The van der Waals surface area contributed by atoms with Crippen LogP contribution >= 0.6 is 0 Å². The fourth-order valence-corrected chi connectivity index (χ4v) is 3.31. The van der Waals surface area contributed by atoms with Crippen LogP contribution in [-0.4, -0.2) is 36.2 Å². The molecule has 1 heterocycles. The summed E-state index contributed by atoms with van der Waals surface area (Å²) in [5.41, 5.74) is 1.40. The molecule has 1 aromatic carbocycles. The molecule has 0 radical (unpaired) electrons. The maximum atomic E-state index is 11.6. The number of hydrogen-bond acceptors (Lipinski definition) is 6. The minimum atomic E-state index is -0.436. The van der Waals surface area contributed by atoms with Crippen molar-refractivity contribution in [1.82, 2.24) is 4.90 Å². The highest BCUT2D eigenvalue weighted by Gasteiger charge is 2.35. The van der Waals surface area contributed by atoms with Crippen LogP contribution < -0.4 is 4.90 Å². The van der Waals surface area contributed by atoms with Gasteiger partial charge in [-0.1, -0.05) is 6.92 Å². The summed E-state index contributed by atoms with van der Waals surface area (Å²) in [6.45, 7) is 4.20. The number of non-ortho nitro benzene ring substituents is 1. The molecule has 0 fully saturated rings. The molecule has 0 bridgehead atoms. The van der Waals surface area contributed by atoms with Gasteiger partial charge in [-0.05, 0) is 25.0 Å². The van der Waals surface area contributed by atoms with Gasteiger partial charge in [-0.3, -0.25) is 10.1 Å². The van der Waals surface area contributed by atoms with E-state index in [1.807, 2.05) is 30.8 Å². The molecule has 7 heteroatoms. The van der Waals surface area contributed by atoms with Crippen LogP contribution in [0.2, 0.25) is 0 Å². The van der Waals surface area contributed by atoms with Crippen LogP contribution in [0.1, 0.15) is 20.3 Å². The molecule has 1 aliphatic heterocycles. The number of benzene rings is 1. The van der Waals surface area contributed by atoms with E-state index in [-0.39, 0.29) is 23.3 Å². The predicted octanol–water partition coefficient (Wildman–Crippen LogP) is 2.94. The Kier molecular flexibility index (Phi) is 5.42. The number of nitro groups is 1. The minimum absolute atomic E-state index is 0.0270. The molecule has 0 aliphatic carbocycles. The number of carbonyl (C=O) groups excluding carboxylic acids is 1. The molecule has 0 N–H and O–H groups in total. The van der Waals surface area contributed by atoms with Gasteiger partial charge < -0.3 is 14.6 Å². The molecule has 2 unspecified atom stereocenters. The summed E-state index contributed by atoms with van der Waals surface area (Å²) in [7, 11) is 3.71. The topological polar surface area (TPSA) is 90.5 Å². The Labute approximate surface area is 147 Å². The van der Waals surface area contributed by atoms with E-state index in [9.17, 15) is 20.2 Å². The number of nitrogens with zero attached hydrogens (tertiary/aromatic N) is 4. The molecule has 0 saturated heterocycles. The Morgan fingerprint density at radius 3 is 2.44 bits per heavy atom. The number of ketones is 1. The number of allylic oxidation sites excluding steroid dienone is 1. The van der Waals surface area contributed by atoms with E-state index in [1.54, 1.807) is 19.1 Å². The summed E-state index contributed by atoms with van der Waals surface area (Å²) >= 11 is 0. The summed E-state index contributed by atoms with van der Waals surface area (Å²) in [5, 5.41) is 20.6. The molecule has 0 saturated carbocycles. The molecule has 0 aromatic heterocycles. The standard InChI is InChI=1S/C18H22N4O3/c1-12-11-21(14-5-7-15(8-6-14)22(24)25)18(20(3)4)17(10-19)16(12)9-13(2)23/h5-8,12,16H,9,11H2,1-4H3. The van der Waals surface area contributed by atoms with Crippen molar-refractivity contribution in [2.45, 2.75) is 20.3 Å². The molecule has 0 amide bonds. The van der Waals surface area contributed by atoms with Crippen molar-refractivity contribution in [1.29, 1.82) is 5.26 Å². The van der Waals surface area contributed by atoms with Crippen molar-refractivity contribution in [3.05, 3.63) is 45.8 Å². The fourth-order valence-electron chi connectivity index (χ4n) is 3.31. The predicted molar refractivity (Wildman–Crippen MR) is 94.7 cm³/mol. The first-order valence-electron chi connectivity index (χ1n) is 8.09. The van der Waals surface area contributed by atoms with Crippen LogP contribution in [0.25, 0.3) is 0 Å². The van der Waals surface area contributed by atoms with Gasteiger partial charge in [-0.15, -0.1) is 0 Å². The number of nitriles is 1. The Morgan fingerprint density at radius 1 is 1.40 bits per heavy atom. The van der Waals surface area contributed by atoms with Gasteiger partial charge in [0.15, 0.2) is 0 Å². The zero-order valence-electron chi connectivity index (χ0n) is 14.9. The van der Waals surface area contributed by atoms with Crippen LogP contribution in [0.3, 0.4) is 0 Å². The van der Waals surface area contributed by atoms with Crippen LogP contribution in [0.15, 0.2) is 35.7 Å². The molecule has 1 aliphatic rings. The van der Waals surface area contributed by atoms with Gasteiger partial charge in [-0.2, -0.15) is 5.26 Å². The van der Waals surface area contributed by atoms with Gasteiger partial charge in [0.2, 0.25) is 0 Å². The molecule has 25 heavy (non-hydrogen) atoms. The van der Waals surface area contributed by atoms with Crippen molar-refractivity contribution >= 4 is 17.2 Å². The van der Waals surface area contributed by atoms with E-state index in [2.05, 4.69) is 6.07 Å². The van der Waals surface area contributed by atoms with Gasteiger partial charge >= 0.3 is 0 Å². The Bertz CT molecular complexity index is 747.